The third-order valence-electron chi connectivity index (χ3n) is 4.36. The molecule has 140 valence electrons. The number of aromatic hydroxyl groups is 1. The van der Waals surface area contributed by atoms with Crippen LogP contribution in [0.15, 0.2) is 29.9 Å². The van der Waals surface area contributed by atoms with Crippen LogP contribution in [0, 0.1) is 0 Å². The predicted octanol–water partition coefficient (Wildman–Crippen LogP) is 3.02. The Kier molecular flexibility index (Phi) is 6.58. The highest BCUT2D eigenvalue weighted by Crippen LogP contribution is 2.30. The molecule has 2 N–H and O–H groups in total. The minimum Gasteiger partial charge on any atom is -0.507 e. The number of rotatable bonds is 1. The van der Waals surface area contributed by atoms with Crippen LogP contribution in [0.5, 0.6) is 11.5 Å². The average Bonchev–Trinajstić information content (AvgIpc) is 2.60. The molecule has 0 fully saturated rings. The maximum absolute atomic E-state index is 12.6. The Morgan fingerprint density at radius 1 is 1.27 bits per heavy atom. The smallest absolute Gasteiger partial charge is 0.343 e. The van der Waals surface area contributed by atoms with Gasteiger partial charge in [0, 0.05) is 18.9 Å². The quantitative estimate of drug-likeness (QED) is 0.591. The number of carbonyl (C=O) groups is 2. The van der Waals surface area contributed by atoms with E-state index in [1.165, 1.54) is 25.3 Å². The lowest BCUT2D eigenvalue weighted by Crippen LogP contribution is -2.18. The fourth-order valence-electron chi connectivity index (χ4n) is 2.57. The van der Waals surface area contributed by atoms with E-state index in [9.17, 15) is 19.8 Å². The van der Waals surface area contributed by atoms with Crippen molar-refractivity contribution in [2.24, 2.45) is 0 Å². The van der Waals surface area contributed by atoms with Crippen molar-refractivity contribution in [2.75, 3.05) is 7.11 Å². The first kappa shape index (κ1) is 19.7. The molecule has 1 unspecified atom stereocenters. The van der Waals surface area contributed by atoms with E-state index in [2.05, 4.69) is 0 Å². The van der Waals surface area contributed by atoms with E-state index in [1.807, 2.05) is 0 Å². The summed E-state index contributed by atoms with van der Waals surface area (Å²) in [5, 5.41) is 20.3. The van der Waals surface area contributed by atoms with Crippen LogP contribution in [0.2, 0.25) is 0 Å². The van der Waals surface area contributed by atoms with Crippen molar-refractivity contribution in [3.63, 3.8) is 0 Å². The summed E-state index contributed by atoms with van der Waals surface area (Å²) in [7, 11) is 1.45. The summed E-state index contributed by atoms with van der Waals surface area (Å²) in [6.07, 6.45) is 4.10. The number of carbonyl (C=O) groups excluding carboxylic acids is 2. The van der Waals surface area contributed by atoms with Crippen molar-refractivity contribution in [2.45, 2.75) is 45.3 Å². The lowest BCUT2D eigenvalue weighted by Gasteiger charge is -2.17. The van der Waals surface area contributed by atoms with Crippen LogP contribution in [0.25, 0.3) is 6.08 Å². The van der Waals surface area contributed by atoms with Crippen LogP contribution in [-0.4, -0.2) is 41.3 Å². The molecule has 0 radical (unpaired) electrons. The van der Waals surface area contributed by atoms with Gasteiger partial charge < -0.3 is 19.7 Å². The van der Waals surface area contributed by atoms with Gasteiger partial charge in [-0.25, -0.2) is 4.79 Å². The molecule has 0 amide bonds. The molecule has 2 rings (SSSR count). The molecule has 0 saturated heterocycles. The first-order valence-electron chi connectivity index (χ1n) is 8.48. The van der Waals surface area contributed by atoms with Crippen molar-refractivity contribution in [1.82, 2.24) is 0 Å². The monoisotopic (exact) mass is 360 g/mol. The molecular formula is C20H24O6. The molecule has 0 aromatic heterocycles. The number of hydrogen-bond acceptors (Lipinski definition) is 6. The summed E-state index contributed by atoms with van der Waals surface area (Å²) in [4.78, 5) is 24.5. The Morgan fingerprint density at radius 3 is 2.69 bits per heavy atom. The number of benzene rings is 1. The molecule has 1 aromatic carbocycles. The molecular weight excluding hydrogens is 336 g/mol. The SMILES string of the molecule is COc1cc(O)c2c(c1)C=CC(O)CCC(=O)CC=C(C)[C@H](C)OC2=O. The standard InChI is InChI=1S/C20H24O6/c1-12-4-6-15(21)8-9-16(22)7-5-14-10-17(25-3)11-18(23)19(14)20(24)26-13(12)2/h4-5,7,10-11,13,16,22-23H,6,8-9H2,1-3H3/t13-,16?/m0/s1. The molecule has 6 heteroatoms. The summed E-state index contributed by atoms with van der Waals surface area (Å²) >= 11 is 0. The van der Waals surface area contributed by atoms with Crippen molar-refractivity contribution in [1.29, 1.82) is 0 Å². The van der Waals surface area contributed by atoms with Crippen molar-refractivity contribution >= 4 is 17.8 Å². The predicted molar refractivity (Wildman–Crippen MR) is 97.2 cm³/mol. The fourth-order valence-corrected chi connectivity index (χ4v) is 2.57. The number of fused-ring (bicyclic) bond motifs is 1. The maximum Gasteiger partial charge on any atom is 0.343 e. The van der Waals surface area contributed by atoms with Gasteiger partial charge in [-0.2, -0.15) is 0 Å². The van der Waals surface area contributed by atoms with E-state index < -0.39 is 18.2 Å². The molecule has 1 heterocycles. The summed E-state index contributed by atoms with van der Waals surface area (Å²) < 4.78 is 10.6. The second-order valence-electron chi connectivity index (χ2n) is 6.31. The molecule has 1 aliphatic heterocycles. The van der Waals surface area contributed by atoms with Crippen molar-refractivity contribution < 1.29 is 29.3 Å². The number of phenols is 1. The minimum atomic E-state index is -0.844. The van der Waals surface area contributed by atoms with Gasteiger partial charge in [0.25, 0.3) is 0 Å². The molecule has 0 bridgehead atoms. The van der Waals surface area contributed by atoms with E-state index in [4.69, 9.17) is 9.47 Å². The normalized spacial score (nSPS) is 22.1. The highest BCUT2D eigenvalue weighted by molar-refractivity contribution is 5.97. The number of aliphatic hydroxyl groups excluding tert-OH is 1. The Labute approximate surface area is 152 Å². The lowest BCUT2D eigenvalue weighted by atomic mass is 10.0. The van der Waals surface area contributed by atoms with Gasteiger partial charge in [-0.1, -0.05) is 18.2 Å². The number of hydrogen-bond donors (Lipinski definition) is 2. The second-order valence-corrected chi connectivity index (χ2v) is 6.31. The lowest BCUT2D eigenvalue weighted by molar-refractivity contribution is -0.118. The largest absolute Gasteiger partial charge is 0.507 e. The Balaban J connectivity index is 2.48. The zero-order valence-electron chi connectivity index (χ0n) is 15.2. The van der Waals surface area contributed by atoms with Gasteiger partial charge in [-0.3, -0.25) is 4.79 Å². The third kappa shape index (κ3) is 4.95. The number of ether oxygens (including phenoxy) is 2. The minimum absolute atomic E-state index is 0.00189. The van der Waals surface area contributed by atoms with Crippen LogP contribution in [0.4, 0.5) is 0 Å². The maximum atomic E-state index is 12.6. The summed E-state index contributed by atoms with van der Waals surface area (Å²) in [6.45, 7) is 3.49. The third-order valence-corrected chi connectivity index (χ3v) is 4.36. The summed E-state index contributed by atoms with van der Waals surface area (Å²) in [5.41, 5.74) is 1.11. The van der Waals surface area contributed by atoms with Gasteiger partial charge in [0.1, 0.15) is 28.9 Å². The summed E-state index contributed by atoms with van der Waals surface area (Å²) in [6, 6.07) is 2.91. The highest BCUT2D eigenvalue weighted by Gasteiger charge is 2.22. The second kappa shape index (κ2) is 8.67. The molecule has 0 aliphatic carbocycles. The average molecular weight is 360 g/mol. The van der Waals surface area contributed by atoms with E-state index in [0.717, 1.165) is 5.57 Å². The van der Waals surface area contributed by atoms with Gasteiger partial charge in [-0.15, -0.1) is 0 Å². The number of allylic oxidation sites excluding steroid dienone is 1. The van der Waals surface area contributed by atoms with Crippen LogP contribution >= 0.6 is 0 Å². The van der Waals surface area contributed by atoms with Crippen LogP contribution in [-0.2, 0) is 9.53 Å². The first-order valence-corrected chi connectivity index (χ1v) is 8.48. The van der Waals surface area contributed by atoms with Crippen LogP contribution in [0.1, 0.15) is 49.0 Å². The first-order chi connectivity index (χ1) is 12.3. The molecule has 0 saturated carbocycles. The number of cyclic esters (lactones) is 1. The zero-order valence-corrected chi connectivity index (χ0v) is 15.2. The number of esters is 1. The topological polar surface area (TPSA) is 93.1 Å². The number of Topliss-reactive ketones (excluding diaryl/α,β-unsaturated/α-hetero) is 1. The van der Waals surface area contributed by atoms with Crippen molar-refractivity contribution in [3.05, 3.63) is 41.0 Å². The fraction of sp³-hybridized carbons (Fsp3) is 0.400. The number of aliphatic hydroxyl groups is 1. The van der Waals surface area contributed by atoms with Gasteiger partial charge in [0.15, 0.2) is 0 Å². The zero-order chi connectivity index (χ0) is 19.3. The Bertz CT molecular complexity index is 747. The van der Waals surface area contributed by atoms with E-state index in [-0.39, 0.29) is 36.4 Å². The molecule has 0 spiro atoms. The Hall–Kier alpha value is -2.60. The molecule has 1 aromatic rings. The van der Waals surface area contributed by atoms with E-state index in [1.54, 1.807) is 26.0 Å². The van der Waals surface area contributed by atoms with E-state index in [0.29, 0.717) is 11.3 Å². The number of ketones is 1. The molecule has 1 aliphatic rings. The molecule has 6 nitrogen and oxygen atoms in total. The van der Waals surface area contributed by atoms with Gasteiger partial charge >= 0.3 is 5.97 Å². The molecule has 2 atom stereocenters. The van der Waals surface area contributed by atoms with Gasteiger partial charge in [-0.05, 0) is 37.5 Å². The summed E-state index contributed by atoms with van der Waals surface area (Å²) in [5.74, 6) is -0.580. The number of phenolic OH excluding ortho intramolecular Hbond substituents is 1. The van der Waals surface area contributed by atoms with E-state index >= 15 is 0 Å². The highest BCUT2D eigenvalue weighted by atomic mass is 16.5. The number of methoxy groups -OCH3 is 1. The van der Waals surface area contributed by atoms with Crippen molar-refractivity contribution in [3.8, 4) is 11.5 Å². The van der Waals surface area contributed by atoms with Crippen LogP contribution < -0.4 is 4.74 Å². The van der Waals surface area contributed by atoms with Gasteiger partial charge in [0.2, 0.25) is 0 Å². The Morgan fingerprint density at radius 2 is 2.00 bits per heavy atom. The molecule has 26 heavy (non-hydrogen) atoms. The van der Waals surface area contributed by atoms with Crippen LogP contribution in [0.3, 0.4) is 0 Å². The van der Waals surface area contributed by atoms with Gasteiger partial charge in [0.05, 0.1) is 13.2 Å².